The van der Waals surface area contributed by atoms with E-state index in [0.29, 0.717) is 27.7 Å². The van der Waals surface area contributed by atoms with Crippen molar-refractivity contribution in [1.29, 1.82) is 0 Å². The first-order valence-electron chi connectivity index (χ1n) is 8.72. The fourth-order valence-corrected chi connectivity index (χ4v) is 3.71. The number of fused-ring (bicyclic) bond motifs is 1. The molecule has 154 valence electrons. The minimum absolute atomic E-state index is 0.102. The molecule has 1 aromatic carbocycles. The Morgan fingerprint density at radius 3 is 2.57 bits per heavy atom. The van der Waals surface area contributed by atoms with Gasteiger partial charge in [-0.05, 0) is 19.1 Å². The zero-order valence-electron chi connectivity index (χ0n) is 15.8. The Balaban J connectivity index is 1.76. The van der Waals surface area contributed by atoms with Crippen LogP contribution in [0.15, 0.2) is 41.4 Å². The number of halogens is 3. The van der Waals surface area contributed by atoms with Crippen molar-refractivity contribution in [2.45, 2.75) is 13.0 Å². The predicted molar refractivity (Wildman–Crippen MR) is 111 cm³/mol. The highest BCUT2D eigenvalue weighted by Gasteiger charge is 2.23. The molecule has 0 aliphatic carbocycles. The van der Waals surface area contributed by atoms with Crippen LogP contribution in [0.2, 0.25) is 10.0 Å². The van der Waals surface area contributed by atoms with Crippen molar-refractivity contribution in [3.8, 4) is 22.9 Å². The molecular formula is C20H15Cl2FN4O3. The van der Waals surface area contributed by atoms with Gasteiger partial charge in [0.1, 0.15) is 18.2 Å². The lowest BCUT2D eigenvalue weighted by Crippen LogP contribution is -2.08. The van der Waals surface area contributed by atoms with Crippen molar-refractivity contribution in [3.63, 3.8) is 0 Å². The summed E-state index contributed by atoms with van der Waals surface area (Å²) in [6.07, 6.45) is 5.56. The standard InChI is InChI=1S/C20H15Cl2FN4O3/c1-9(15-13(21)3-4-14(23)16(15)22)30-18-17-11(7-25-19(18)24)12(8-29-17)10-5-26-20(28-2)27-6-10/h3-9H,1-2H3,(H2,24,25)/t9-/m1/s1. The van der Waals surface area contributed by atoms with Gasteiger partial charge in [0.25, 0.3) is 0 Å². The van der Waals surface area contributed by atoms with Gasteiger partial charge in [0, 0.05) is 40.3 Å². The zero-order chi connectivity index (χ0) is 21.4. The summed E-state index contributed by atoms with van der Waals surface area (Å²) in [6.45, 7) is 1.67. The Hall–Kier alpha value is -3.10. The minimum atomic E-state index is -0.728. The molecule has 3 aromatic heterocycles. The number of aromatic nitrogens is 3. The van der Waals surface area contributed by atoms with Crippen LogP contribution in [0.1, 0.15) is 18.6 Å². The molecule has 0 spiro atoms. The number of anilines is 1. The highest BCUT2D eigenvalue weighted by molar-refractivity contribution is 6.36. The van der Waals surface area contributed by atoms with Crippen LogP contribution in [-0.2, 0) is 0 Å². The van der Waals surface area contributed by atoms with Gasteiger partial charge < -0.3 is 19.6 Å². The van der Waals surface area contributed by atoms with Gasteiger partial charge in [0.2, 0.25) is 5.75 Å². The molecule has 0 unspecified atom stereocenters. The van der Waals surface area contributed by atoms with Crippen LogP contribution < -0.4 is 15.2 Å². The number of nitrogens with zero attached hydrogens (tertiary/aromatic N) is 3. The highest BCUT2D eigenvalue weighted by Crippen LogP contribution is 2.41. The third-order valence-corrected chi connectivity index (χ3v) is 5.22. The van der Waals surface area contributed by atoms with E-state index in [9.17, 15) is 4.39 Å². The number of pyridine rings is 1. The summed E-state index contributed by atoms with van der Waals surface area (Å²) in [5.74, 6) is -0.308. The van der Waals surface area contributed by atoms with Gasteiger partial charge in [-0.3, -0.25) is 0 Å². The molecule has 10 heteroatoms. The van der Waals surface area contributed by atoms with Crippen LogP contribution in [0.25, 0.3) is 22.1 Å². The van der Waals surface area contributed by atoms with E-state index in [1.807, 2.05) is 0 Å². The van der Waals surface area contributed by atoms with Crippen LogP contribution in [-0.4, -0.2) is 22.1 Å². The van der Waals surface area contributed by atoms with Crippen LogP contribution in [0.5, 0.6) is 11.8 Å². The number of nitrogen functional groups attached to an aromatic ring is 1. The highest BCUT2D eigenvalue weighted by atomic mass is 35.5. The van der Waals surface area contributed by atoms with Gasteiger partial charge in [-0.1, -0.05) is 23.2 Å². The van der Waals surface area contributed by atoms with Gasteiger partial charge in [-0.2, -0.15) is 0 Å². The summed E-state index contributed by atoms with van der Waals surface area (Å²) >= 11 is 12.3. The second-order valence-corrected chi connectivity index (χ2v) is 7.13. The topological polar surface area (TPSA) is 96.3 Å². The molecule has 0 bridgehead atoms. The second-order valence-electron chi connectivity index (χ2n) is 6.34. The monoisotopic (exact) mass is 448 g/mol. The van der Waals surface area contributed by atoms with E-state index in [1.165, 1.54) is 25.5 Å². The molecule has 2 N–H and O–H groups in total. The summed E-state index contributed by atoms with van der Waals surface area (Å²) in [6, 6.07) is 2.85. The molecule has 7 nitrogen and oxygen atoms in total. The van der Waals surface area contributed by atoms with Gasteiger partial charge >= 0.3 is 6.01 Å². The number of hydrogen-bond acceptors (Lipinski definition) is 7. The number of hydrogen-bond donors (Lipinski definition) is 1. The molecule has 3 heterocycles. The van der Waals surface area contributed by atoms with E-state index in [-0.39, 0.29) is 27.6 Å². The number of benzene rings is 1. The van der Waals surface area contributed by atoms with Crippen molar-refractivity contribution in [2.24, 2.45) is 0 Å². The van der Waals surface area contributed by atoms with E-state index in [4.69, 9.17) is 42.8 Å². The molecule has 0 aliphatic rings. The number of ether oxygens (including phenoxy) is 2. The molecule has 0 amide bonds. The van der Waals surface area contributed by atoms with E-state index >= 15 is 0 Å². The predicted octanol–water partition coefficient (Wildman–Crippen LogP) is 5.46. The molecule has 30 heavy (non-hydrogen) atoms. The lowest BCUT2D eigenvalue weighted by molar-refractivity contribution is 0.227. The van der Waals surface area contributed by atoms with E-state index < -0.39 is 11.9 Å². The normalized spacial score (nSPS) is 12.2. The number of nitrogens with two attached hydrogens (primary N) is 1. The first-order valence-corrected chi connectivity index (χ1v) is 9.48. The summed E-state index contributed by atoms with van der Waals surface area (Å²) in [5.41, 5.74) is 8.07. The van der Waals surface area contributed by atoms with E-state index in [2.05, 4.69) is 15.0 Å². The molecule has 0 saturated carbocycles. The largest absolute Gasteiger partial charge is 0.478 e. The Kier molecular flexibility index (Phi) is 5.36. The quantitative estimate of drug-likeness (QED) is 0.404. The van der Waals surface area contributed by atoms with Gasteiger partial charge in [0.15, 0.2) is 11.4 Å². The maximum absolute atomic E-state index is 13.9. The fraction of sp³-hybridized carbons (Fsp3) is 0.150. The van der Waals surface area contributed by atoms with Gasteiger partial charge in [-0.25, -0.2) is 19.3 Å². The van der Waals surface area contributed by atoms with Gasteiger partial charge in [0.05, 0.1) is 17.5 Å². The molecule has 4 rings (SSSR count). The smallest absolute Gasteiger partial charge is 0.316 e. The number of rotatable bonds is 5. The zero-order valence-corrected chi connectivity index (χ0v) is 17.3. The maximum atomic E-state index is 13.9. The molecular weight excluding hydrogens is 434 g/mol. The summed E-state index contributed by atoms with van der Waals surface area (Å²) < 4.78 is 30.6. The van der Waals surface area contributed by atoms with E-state index in [0.717, 1.165) is 0 Å². The van der Waals surface area contributed by atoms with Crippen molar-refractivity contribution in [1.82, 2.24) is 15.0 Å². The second kappa shape index (κ2) is 7.97. The molecule has 1 atom stereocenters. The third kappa shape index (κ3) is 3.48. The van der Waals surface area contributed by atoms with Crippen LogP contribution in [0.3, 0.4) is 0 Å². The van der Waals surface area contributed by atoms with Crippen molar-refractivity contribution >= 4 is 40.0 Å². The summed E-state index contributed by atoms with van der Waals surface area (Å²) in [5, 5.41) is 0.781. The SMILES string of the molecule is COc1ncc(-c2coc3c(O[C@H](C)c4c(Cl)ccc(F)c4Cl)c(N)ncc23)cn1. The Morgan fingerprint density at radius 2 is 1.87 bits per heavy atom. The lowest BCUT2D eigenvalue weighted by atomic mass is 10.1. The first kappa shape index (κ1) is 20.2. The van der Waals surface area contributed by atoms with Crippen LogP contribution in [0, 0.1) is 5.82 Å². The average Bonchev–Trinajstić information content (AvgIpc) is 3.17. The number of furan rings is 1. The van der Waals surface area contributed by atoms with Crippen molar-refractivity contribution in [2.75, 3.05) is 12.8 Å². The lowest BCUT2D eigenvalue weighted by Gasteiger charge is -2.18. The minimum Gasteiger partial charge on any atom is -0.478 e. The molecule has 0 radical (unpaired) electrons. The molecule has 0 saturated heterocycles. The Bertz CT molecular complexity index is 1230. The van der Waals surface area contributed by atoms with Crippen molar-refractivity contribution < 1.29 is 18.3 Å². The van der Waals surface area contributed by atoms with Gasteiger partial charge in [-0.15, -0.1) is 0 Å². The summed E-state index contributed by atoms with van der Waals surface area (Å²) in [4.78, 5) is 12.4. The Morgan fingerprint density at radius 1 is 1.13 bits per heavy atom. The first-order chi connectivity index (χ1) is 14.4. The third-order valence-electron chi connectivity index (χ3n) is 4.50. The van der Waals surface area contributed by atoms with Crippen molar-refractivity contribution in [3.05, 3.63) is 58.4 Å². The van der Waals surface area contributed by atoms with Crippen LogP contribution >= 0.6 is 23.2 Å². The van der Waals surface area contributed by atoms with E-state index in [1.54, 1.807) is 25.5 Å². The molecule has 0 fully saturated rings. The summed E-state index contributed by atoms with van der Waals surface area (Å²) in [7, 11) is 1.48. The molecule has 4 aromatic rings. The Labute approximate surface area is 180 Å². The number of methoxy groups -OCH3 is 1. The van der Waals surface area contributed by atoms with Crippen LogP contribution in [0.4, 0.5) is 10.2 Å². The molecule has 0 aliphatic heterocycles. The fourth-order valence-electron chi connectivity index (χ4n) is 3.03. The maximum Gasteiger partial charge on any atom is 0.316 e. The average molecular weight is 449 g/mol.